The van der Waals surface area contributed by atoms with Gasteiger partial charge in [-0.05, 0) is 42.3 Å². The quantitative estimate of drug-likeness (QED) is 0.849. The Morgan fingerprint density at radius 3 is 2.75 bits per heavy atom. The molecule has 0 aliphatic carbocycles. The summed E-state index contributed by atoms with van der Waals surface area (Å²) in [5.74, 6) is 0.871. The van der Waals surface area contributed by atoms with Crippen molar-refractivity contribution in [2.45, 2.75) is 20.3 Å². The number of hydrogen-bond donors (Lipinski definition) is 0. The smallest absolute Gasteiger partial charge is 0.229 e. The van der Waals surface area contributed by atoms with Crippen LogP contribution in [0, 0.1) is 6.92 Å². The summed E-state index contributed by atoms with van der Waals surface area (Å²) in [7, 11) is 0. The summed E-state index contributed by atoms with van der Waals surface area (Å²) in [6, 6.07) is 6.04. The Bertz CT molecular complexity index is 522. The molecule has 0 atom stereocenters. The van der Waals surface area contributed by atoms with Gasteiger partial charge in [0.2, 0.25) is 5.28 Å². The predicted octanol–water partition coefficient (Wildman–Crippen LogP) is 3.55. The first-order chi connectivity index (χ1) is 7.63. The Kier molecular flexibility index (Phi) is 3.30. The van der Waals surface area contributed by atoms with Crippen LogP contribution in [0.15, 0.2) is 22.7 Å². The molecular weight excluding hydrogens is 289 g/mol. The van der Waals surface area contributed by atoms with Crippen molar-refractivity contribution in [1.82, 2.24) is 14.8 Å². The van der Waals surface area contributed by atoms with E-state index >= 15 is 0 Å². The van der Waals surface area contributed by atoms with Gasteiger partial charge in [-0.15, -0.1) is 10.2 Å². The normalized spacial score (nSPS) is 10.8. The van der Waals surface area contributed by atoms with Crippen LogP contribution < -0.4 is 0 Å². The molecule has 1 aromatic carbocycles. The second kappa shape index (κ2) is 4.55. The third-order valence-corrected chi connectivity index (χ3v) is 3.14. The van der Waals surface area contributed by atoms with E-state index in [1.807, 2.05) is 36.6 Å². The lowest BCUT2D eigenvalue weighted by atomic mass is 10.2. The summed E-state index contributed by atoms with van der Waals surface area (Å²) in [5.41, 5.74) is 2.15. The minimum absolute atomic E-state index is 0.405. The van der Waals surface area contributed by atoms with Crippen molar-refractivity contribution >= 4 is 27.5 Å². The van der Waals surface area contributed by atoms with E-state index in [1.165, 1.54) is 0 Å². The summed E-state index contributed by atoms with van der Waals surface area (Å²) in [6.45, 7) is 4.07. The van der Waals surface area contributed by atoms with Crippen molar-refractivity contribution < 1.29 is 0 Å². The summed E-state index contributed by atoms with van der Waals surface area (Å²) < 4.78 is 2.93. The summed E-state index contributed by atoms with van der Waals surface area (Å²) >= 11 is 9.49. The molecule has 0 N–H and O–H groups in total. The van der Waals surface area contributed by atoms with E-state index in [-0.39, 0.29) is 0 Å². The van der Waals surface area contributed by atoms with Crippen LogP contribution in [0.1, 0.15) is 18.3 Å². The second-order valence-corrected chi connectivity index (χ2v) is 4.76. The molecule has 0 aliphatic heterocycles. The molecule has 1 heterocycles. The number of aryl methyl sites for hydroxylation is 2. The minimum atomic E-state index is 0.405. The number of rotatable bonds is 2. The fraction of sp³-hybridized carbons (Fsp3) is 0.273. The predicted molar refractivity (Wildman–Crippen MR) is 68.2 cm³/mol. The highest BCUT2D eigenvalue weighted by atomic mass is 79.9. The Balaban J connectivity index is 2.62. The highest BCUT2D eigenvalue weighted by molar-refractivity contribution is 9.10. The molecular formula is C11H11BrClN3. The Morgan fingerprint density at radius 1 is 1.38 bits per heavy atom. The molecule has 5 heteroatoms. The van der Waals surface area contributed by atoms with Crippen LogP contribution in [0.4, 0.5) is 0 Å². The first-order valence-corrected chi connectivity index (χ1v) is 6.17. The second-order valence-electron chi connectivity index (χ2n) is 3.51. The third-order valence-electron chi connectivity index (χ3n) is 2.41. The van der Waals surface area contributed by atoms with Crippen molar-refractivity contribution in [1.29, 1.82) is 0 Å². The van der Waals surface area contributed by atoms with Crippen LogP contribution in [0.5, 0.6) is 0 Å². The van der Waals surface area contributed by atoms with Crippen LogP contribution in [0.2, 0.25) is 5.28 Å². The van der Waals surface area contributed by atoms with Crippen molar-refractivity contribution in [2.75, 3.05) is 0 Å². The van der Waals surface area contributed by atoms with Gasteiger partial charge < -0.3 is 0 Å². The first kappa shape index (κ1) is 11.6. The number of hydrogen-bond acceptors (Lipinski definition) is 2. The van der Waals surface area contributed by atoms with Crippen LogP contribution in [-0.2, 0) is 6.42 Å². The summed E-state index contributed by atoms with van der Waals surface area (Å²) in [5, 5.41) is 8.34. The molecule has 0 fully saturated rings. The molecule has 0 spiro atoms. The summed E-state index contributed by atoms with van der Waals surface area (Å²) in [6.07, 6.45) is 0.801. The topological polar surface area (TPSA) is 30.7 Å². The van der Waals surface area contributed by atoms with E-state index in [1.54, 1.807) is 0 Å². The molecule has 0 aliphatic rings. The van der Waals surface area contributed by atoms with E-state index in [0.29, 0.717) is 5.28 Å². The van der Waals surface area contributed by atoms with E-state index in [2.05, 4.69) is 26.1 Å². The number of nitrogens with zero attached hydrogens (tertiary/aromatic N) is 3. The fourth-order valence-electron chi connectivity index (χ4n) is 1.63. The van der Waals surface area contributed by atoms with Crippen molar-refractivity contribution in [3.63, 3.8) is 0 Å². The van der Waals surface area contributed by atoms with Crippen molar-refractivity contribution in [3.05, 3.63) is 39.3 Å². The lowest BCUT2D eigenvalue weighted by Gasteiger charge is -2.10. The van der Waals surface area contributed by atoms with Gasteiger partial charge in [-0.3, -0.25) is 4.57 Å². The SMILES string of the molecule is CCc1nnc(Cl)n1-c1ccc(Br)cc1C. The minimum Gasteiger partial charge on any atom is -0.269 e. The average Bonchev–Trinajstić information content (AvgIpc) is 2.60. The molecule has 84 valence electrons. The van der Waals surface area contributed by atoms with Gasteiger partial charge in [0.1, 0.15) is 5.82 Å². The van der Waals surface area contributed by atoms with Gasteiger partial charge in [-0.2, -0.15) is 0 Å². The molecule has 3 nitrogen and oxygen atoms in total. The van der Waals surface area contributed by atoms with Gasteiger partial charge in [0.15, 0.2) is 0 Å². The zero-order valence-corrected chi connectivity index (χ0v) is 11.4. The molecule has 0 unspecified atom stereocenters. The zero-order chi connectivity index (χ0) is 11.7. The van der Waals surface area contributed by atoms with E-state index in [4.69, 9.17) is 11.6 Å². The standard InChI is InChI=1S/C11H11BrClN3/c1-3-10-14-15-11(13)16(10)9-5-4-8(12)6-7(9)2/h4-6H,3H2,1-2H3. The molecule has 2 rings (SSSR count). The zero-order valence-electron chi connectivity index (χ0n) is 9.04. The largest absolute Gasteiger partial charge is 0.269 e. The Morgan fingerprint density at radius 2 is 2.12 bits per heavy atom. The van der Waals surface area contributed by atoms with Crippen molar-refractivity contribution in [2.24, 2.45) is 0 Å². The van der Waals surface area contributed by atoms with Gasteiger partial charge in [-0.25, -0.2) is 0 Å². The van der Waals surface area contributed by atoms with Gasteiger partial charge >= 0.3 is 0 Å². The average molecular weight is 301 g/mol. The molecule has 0 radical (unpaired) electrons. The van der Waals surface area contributed by atoms with Gasteiger partial charge in [0, 0.05) is 10.9 Å². The van der Waals surface area contributed by atoms with Crippen LogP contribution >= 0.6 is 27.5 Å². The highest BCUT2D eigenvalue weighted by Crippen LogP contribution is 2.23. The maximum atomic E-state index is 6.05. The number of benzene rings is 1. The molecule has 2 aromatic rings. The van der Waals surface area contributed by atoms with Crippen molar-refractivity contribution in [3.8, 4) is 5.69 Å². The van der Waals surface area contributed by atoms with Gasteiger partial charge in [0.05, 0.1) is 5.69 Å². The van der Waals surface area contributed by atoms with E-state index in [9.17, 15) is 0 Å². The lowest BCUT2D eigenvalue weighted by Crippen LogP contribution is -2.02. The molecule has 0 bridgehead atoms. The van der Waals surface area contributed by atoms with Crippen LogP contribution in [-0.4, -0.2) is 14.8 Å². The van der Waals surface area contributed by atoms with Gasteiger partial charge in [-0.1, -0.05) is 22.9 Å². The molecule has 0 saturated heterocycles. The fourth-order valence-corrected chi connectivity index (χ4v) is 2.33. The Labute approximate surface area is 108 Å². The maximum Gasteiger partial charge on any atom is 0.229 e. The molecule has 16 heavy (non-hydrogen) atoms. The third kappa shape index (κ3) is 1.99. The van der Waals surface area contributed by atoms with Crippen LogP contribution in [0.3, 0.4) is 0 Å². The highest BCUT2D eigenvalue weighted by Gasteiger charge is 2.12. The van der Waals surface area contributed by atoms with E-state index in [0.717, 1.165) is 28.0 Å². The summed E-state index contributed by atoms with van der Waals surface area (Å²) in [4.78, 5) is 0. The first-order valence-electron chi connectivity index (χ1n) is 4.99. The van der Waals surface area contributed by atoms with E-state index < -0.39 is 0 Å². The monoisotopic (exact) mass is 299 g/mol. The lowest BCUT2D eigenvalue weighted by molar-refractivity contribution is 0.879. The maximum absolute atomic E-state index is 6.05. The Hall–Kier alpha value is -0.870. The molecule has 0 amide bonds. The number of halogens is 2. The number of aromatic nitrogens is 3. The van der Waals surface area contributed by atoms with Crippen LogP contribution in [0.25, 0.3) is 5.69 Å². The van der Waals surface area contributed by atoms with Gasteiger partial charge in [0.25, 0.3) is 0 Å². The molecule has 1 aromatic heterocycles. The molecule has 0 saturated carbocycles.